The smallest absolute Gasteiger partial charge is 0.271 e. The Morgan fingerprint density at radius 2 is 1.85 bits per heavy atom. The summed E-state index contributed by atoms with van der Waals surface area (Å²) in [7, 11) is 0. The summed E-state index contributed by atoms with van der Waals surface area (Å²) in [6.45, 7) is 0.441. The van der Waals surface area contributed by atoms with Gasteiger partial charge in [0, 0.05) is 71.3 Å². The SMILES string of the molecule is CC(=O)c1cn(CC(=O)N2CC(=C(F)F)CC2C(=O)NCc2cccc(Cl)c2F)c2ccc(-c3cncnc3)cc12. The van der Waals surface area contributed by atoms with Gasteiger partial charge in [-0.3, -0.25) is 14.4 Å². The zero-order valence-electron chi connectivity index (χ0n) is 21.7. The van der Waals surface area contributed by atoms with Gasteiger partial charge in [-0.2, -0.15) is 8.78 Å². The standard InChI is InChI=1S/C29H23ClF3N5O3/c1-16(39)22-13-37(24-6-5-17(7-21(22)24)20-9-34-15-35-10-20)14-26(40)38-12-19(28(32)33)8-25(38)29(41)36-11-18-3-2-4-23(30)27(18)31/h2-7,9-10,13,15,25H,8,11-12,14H2,1H3,(H,36,41). The molecule has 2 aromatic carbocycles. The molecule has 3 heterocycles. The first kappa shape index (κ1) is 28.0. The van der Waals surface area contributed by atoms with Gasteiger partial charge in [0.2, 0.25) is 11.8 Å². The molecular formula is C29H23ClF3N5O3. The summed E-state index contributed by atoms with van der Waals surface area (Å²) in [5, 5.41) is 3.01. The lowest BCUT2D eigenvalue weighted by Crippen LogP contribution is -2.46. The lowest BCUT2D eigenvalue weighted by Gasteiger charge is -2.24. The van der Waals surface area contributed by atoms with E-state index in [-0.39, 0.29) is 41.5 Å². The van der Waals surface area contributed by atoms with Crippen LogP contribution in [-0.2, 0) is 22.7 Å². The topological polar surface area (TPSA) is 97.2 Å². The molecule has 5 rings (SSSR count). The van der Waals surface area contributed by atoms with Crippen molar-refractivity contribution < 1.29 is 27.6 Å². The van der Waals surface area contributed by atoms with Crippen LogP contribution in [0.2, 0.25) is 5.02 Å². The first-order valence-corrected chi connectivity index (χ1v) is 12.9. The molecule has 0 saturated carbocycles. The van der Waals surface area contributed by atoms with Gasteiger partial charge in [-0.05, 0) is 30.7 Å². The molecule has 41 heavy (non-hydrogen) atoms. The molecule has 1 aliphatic heterocycles. The fourth-order valence-electron chi connectivity index (χ4n) is 4.92. The summed E-state index contributed by atoms with van der Waals surface area (Å²) < 4.78 is 42.9. The number of Topliss-reactive ketones (excluding diaryl/α,β-unsaturated/α-hetero) is 1. The maximum Gasteiger partial charge on any atom is 0.271 e. The largest absolute Gasteiger partial charge is 0.350 e. The predicted molar refractivity (Wildman–Crippen MR) is 146 cm³/mol. The van der Waals surface area contributed by atoms with Gasteiger partial charge in [0.25, 0.3) is 6.08 Å². The number of benzene rings is 2. The number of aromatic nitrogens is 3. The zero-order chi connectivity index (χ0) is 29.3. The number of rotatable bonds is 7. The van der Waals surface area contributed by atoms with E-state index in [0.29, 0.717) is 16.5 Å². The van der Waals surface area contributed by atoms with Crippen molar-refractivity contribution in [2.45, 2.75) is 32.5 Å². The van der Waals surface area contributed by atoms with Gasteiger partial charge >= 0.3 is 0 Å². The van der Waals surface area contributed by atoms with E-state index in [2.05, 4.69) is 15.3 Å². The predicted octanol–water partition coefficient (Wildman–Crippen LogP) is 5.16. The fourth-order valence-corrected chi connectivity index (χ4v) is 5.11. The maximum atomic E-state index is 14.3. The van der Waals surface area contributed by atoms with Crippen LogP contribution in [0.4, 0.5) is 13.2 Å². The third kappa shape index (κ3) is 5.71. The van der Waals surface area contributed by atoms with E-state index in [1.807, 2.05) is 0 Å². The molecule has 1 atom stereocenters. The summed E-state index contributed by atoms with van der Waals surface area (Å²) in [4.78, 5) is 48.1. The van der Waals surface area contributed by atoms with Crippen molar-refractivity contribution >= 4 is 40.1 Å². The number of ketones is 1. The second kappa shape index (κ2) is 11.5. The van der Waals surface area contributed by atoms with Crippen LogP contribution in [0.3, 0.4) is 0 Å². The second-order valence-corrected chi connectivity index (χ2v) is 10.0. The van der Waals surface area contributed by atoms with Crippen molar-refractivity contribution in [1.29, 1.82) is 0 Å². The summed E-state index contributed by atoms with van der Waals surface area (Å²) in [5.74, 6) is -2.22. The summed E-state index contributed by atoms with van der Waals surface area (Å²) >= 11 is 5.80. The van der Waals surface area contributed by atoms with Crippen LogP contribution >= 0.6 is 11.6 Å². The molecule has 0 radical (unpaired) electrons. The maximum absolute atomic E-state index is 14.3. The molecule has 1 unspecified atom stereocenters. The van der Waals surface area contributed by atoms with Gasteiger partial charge in [0.1, 0.15) is 24.7 Å². The highest BCUT2D eigenvalue weighted by atomic mass is 35.5. The molecule has 8 nitrogen and oxygen atoms in total. The van der Waals surface area contributed by atoms with Crippen LogP contribution in [0, 0.1) is 5.82 Å². The number of halogens is 4. The minimum absolute atomic E-state index is 0.117. The van der Waals surface area contributed by atoms with E-state index in [4.69, 9.17) is 11.6 Å². The molecule has 210 valence electrons. The average molecular weight is 582 g/mol. The van der Waals surface area contributed by atoms with Crippen molar-refractivity contribution in [3.05, 3.63) is 94.9 Å². The van der Waals surface area contributed by atoms with Crippen molar-refractivity contribution in [3.63, 3.8) is 0 Å². The number of nitrogens with one attached hydrogen (secondary N) is 1. The van der Waals surface area contributed by atoms with Crippen LogP contribution < -0.4 is 5.32 Å². The number of carbonyl (C=O) groups excluding carboxylic acids is 3. The molecule has 12 heteroatoms. The van der Waals surface area contributed by atoms with Crippen molar-refractivity contribution in [2.75, 3.05) is 6.54 Å². The third-order valence-electron chi connectivity index (χ3n) is 7.01. The number of likely N-dealkylation sites (tertiary alicyclic amines) is 1. The van der Waals surface area contributed by atoms with Gasteiger partial charge in [0.15, 0.2) is 5.78 Å². The van der Waals surface area contributed by atoms with Crippen molar-refractivity contribution in [2.24, 2.45) is 0 Å². The zero-order valence-corrected chi connectivity index (χ0v) is 22.5. The van der Waals surface area contributed by atoms with E-state index in [0.717, 1.165) is 16.0 Å². The molecule has 1 aliphatic rings. The third-order valence-corrected chi connectivity index (χ3v) is 7.30. The number of fused-ring (bicyclic) bond motifs is 1. The molecule has 1 saturated heterocycles. The Balaban J connectivity index is 1.40. The molecule has 0 aliphatic carbocycles. The van der Waals surface area contributed by atoms with Gasteiger partial charge < -0.3 is 14.8 Å². The van der Waals surface area contributed by atoms with E-state index in [9.17, 15) is 27.6 Å². The number of amides is 2. The van der Waals surface area contributed by atoms with Crippen molar-refractivity contribution in [3.8, 4) is 11.1 Å². The highest BCUT2D eigenvalue weighted by Gasteiger charge is 2.38. The lowest BCUT2D eigenvalue weighted by atomic mass is 10.0. The monoisotopic (exact) mass is 581 g/mol. The molecule has 1 fully saturated rings. The number of hydrogen-bond acceptors (Lipinski definition) is 5. The second-order valence-electron chi connectivity index (χ2n) is 9.62. The molecule has 0 spiro atoms. The molecule has 4 aromatic rings. The minimum atomic E-state index is -1.96. The Morgan fingerprint density at radius 1 is 1.10 bits per heavy atom. The van der Waals surface area contributed by atoms with Crippen LogP contribution in [0.5, 0.6) is 0 Å². The van der Waals surface area contributed by atoms with Gasteiger partial charge in [-0.25, -0.2) is 14.4 Å². The van der Waals surface area contributed by atoms with E-state index in [1.54, 1.807) is 35.2 Å². The first-order valence-electron chi connectivity index (χ1n) is 12.6. The molecule has 1 N–H and O–H groups in total. The molecule has 0 bridgehead atoms. The average Bonchev–Trinajstić information content (AvgIpc) is 3.57. The van der Waals surface area contributed by atoms with Crippen LogP contribution in [0.25, 0.3) is 22.0 Å². The molecule has 2 amide bonds. The van der Waals surface area contributed by atoms with Crippen LogP contribution in [0.15, 0.2) is 73.0 Å². The summed E-state index contributed by atoms with van der Waals surface area (Å²) in [5.41, 5.74) is 2.25. The Labute approximate surface area is 237 Å². The quantitative estimate of drug-likeness (QED) is 0.304. The molecular weight excluding hydrogens is 559 g/mol. The minimum Gasteiger partial charge on any atom is -0.350 e. The summed E-state index contributed by atoms with van der Waals surface area (Å²) in [6, 6.07) is 8.44. The number of carbonyl (C=O) groups is 3. The Kier molecular flexibility index (Phi) is 7.89. The van der Waals surface area contributed by atoms with E-state index in [1.165, 1.54) is 37.6 Å². The Bertz CT molecular complexity index is 1700. The van der Waals surface area contributed by atoms with E-state index >= 15 is 0 Å². The normalized spacial score (nSPS) is 14.9. The van der Waals surface area contributed by atoms with Gasteiger partial charge in [0.05, 0.1) is 5.02 Å². The Morgan fingerprint density at radius 3 is 2.56 bits per heavy atom. The van der Waals surface area contributed by atoms with E-state index < -0.39 is 36.3 Å². The van der Waals surface area contributed by atoms with Crippen LogP contribution in [0.1, 0.15) is 29.3 Å². The number of hydrogen-bond donors (Lipinski definition) is 1. The highest BCUT2D eigenvalue weighted by Crippen LogP contribution is 2.30. The Hall–Kier alpha value is -4.51. The number of nitrogens with zero attached hydrogens (tertiary/aromatic N) is 4. The van der Waals surface area contributed by atoms with Gasteiger partial charge in [-0.1, -0.05) is 29.8 Å². The van der Waals surface area contributed by atoms with Gasteiger partial charge in [-0.15, -0.1) is 0 Å². The van der Waals surface area contributed by atoms with Crippen LogP contribution in [-0.4, -0.2) is 49.6 Å². The van der Waals surface area contributed by atoms with Crippen molar-refractivity contribution in [1.82, 2.24) is 24.8 Å². The molecule has 2 aromatic heterocycles. The summed E-state index contributed by atoms with van der Waals surface area (Å²) in [6.07, 6.45) is 3.90. The first-order chi connectivity index (χ1) is 19.6. The fraction of sp³-hybridized carbons (Fsp3) is 0.207. The lowest BCUT2D eigenvalue weighted by molar-refractivity contribution is -0.138. The highest BCUT2D eigenvalue weighted by molar-refractivity contribution is 6.30.